The fourth-order valence-electron chi connectivity index (χ4n) is 1.38. The first kappa shape index (κ1) is 10.8. The summed E-state index contributed by atoms with van der Waals surface area (Å²) < 4.78 is 0. The third kappa shape index (κ3) is 2.58. The van der Waals surface area contributed by atoms with Crippen LogP contribution in [0.4, 0.5) is 4.79 Å². The molecule has 0 saturated carbocycles. The normalized spacial score (nSPS) is 21.3. The molecule has 0 fully saturated rings. The topological polar surface area (TPSA) is 49.4 Å². The molecule has 0 aromatic carbocycles. The van der Waals surface area contributed by atoms with E-state index in [9.17, 15) is 9.59 Å². The molecule has 2 amide bonds. The highest BCUT2D eigenvalue weighted by molar-refractivity contribution is 5.80. The second-order valence-electron chi connectivity index (χ2n) is 3.80. The Hall–Kier alpha value is -1.32. The van der Waals surface area contributed by atoms with Gasteiger partial charge in [-0.2, -0.15) is 0 Å². The van der Waals surface area contributed by atoms with E-state index in [0.717, 1.165) is 0 Å². The smallest absolute Gasteiger partial charge is 0.322 e. The van der Waals surface area contributed by atoms with Crippen molar-refractivity contribution in [1.29, 1.82) is 0 Å². The predicted molar refractivity (Wildman–Crippen MR) is 53.7 cm³/mol. The summed E-state index contributed by atoms with van der Waals surface area (Å²) in [5.74, 6) is 0.0814. The molecule has 0 bridgehead atoms. The summed E-state index contributed by atoms with van der Waals surface area (Å²) in [5.41, 5.74) is 0. The molecule has 1 rings (SSSR count). The highest BCUT2D eigenvalue weighted by atomic mass is 16.2. The van der Waals surface area contributed by atoms with Crippen LogP contribution in [0.5, 0.6) is 0 Å². The lowest BCUT2D eigenvalue weighted by atomic mass is 10.1. The minimum Gasteiger partial charge on any atom is -0.331 e. The maximum absolute atomic E-state index is 11.5. The molecule has 1 unspecified atom stereocenters. The molecule has 0 radical (unpaired) electrons. The van der Waals surface area contributed by atoms with Crippen LogP contribution < -0.4 is 5.32 Å². The number of nitrogens with one attached hydrogen (secondary N) is 1. The summed E-state index contributed by atoms with van der Waals surface area (Å²) in [6, 6.07) is -0.131. The number of carbonyl (C=O) groups is 2. The fraction of sp³-hybridized carbons (Fsp3) is 0.600. The van der Waals surface area contributed by atoms with Crippen molar-refractivity contribution >= 4 is 11.8 Å². The first-order valence-corrected chi connectivity index (χ1v) is 4.77. The fourth-order valence-corrected chi connectivity index (χ4v) is 1.38. The average Bonchev–Trinajstić information content (AvgIpc) is 2.01. The van der Waals surface area contributed by atoms with Gasteiger partial charge in [-0.25, -0.2) is 4.79 Å². The molecule has 14 heavy (non-hydrogen) atoms. The van der Waals surface area contributed by atoms with E-state index >= 15 is 0 Å². The van der Waals surface area contributed by atoms with Crippen LogP contribution in [0.15, 0.2) is 12.3 Å². The van der Waals surface area contributed by atoms with Gasteiger partial charge in [0.2, 0.25) is 0 Å². The zero-order chi connectivity index (χ0) is 10.7. The van der Waals surface area contributed by atoms with Crippen LogP contribution in [0.3, 0.4) is 0 Å². The van der Waals surface area contributed by atoms with Crippen LogP contribution in [0.2, 0.25) is 0 Å². The Morgan fingerprint density at radius 1 is 1.64 bits per heavy atom. The van der Waals surface area contributed by atoms with Crippen LogP contribution in [0, 0.1) is 0 Å². The molecule has 0 aromatic heterocycles. The summed E-state index contributed by atoms with van der Waals surface area (Å²) in [5, 5.41) is 2.76. The van der Waals surface area contributed by atoms with Gasteiger partial charge in [0.1, 0.15) is 5.78 Å². The number of hydrogen-bond acceptors (Lipinski definition) is 2. The molecule has 78 valence electrons. The Morgan fingerprint density at radius 3 is 2.71 bits per heavy atom. The minimum absolute atomic E-state index is 0.0814. The summed E-state index contributed by atoms with van der Waals surface area (Å²) in [6.07, 6.45) is 3.97. The number of rotatable bonds is 3. The van der Waals surface area contributed by atoms with Gasteiger partial charge < -0.3 is 5.32 Å². The first-order valence-electron chi connectivity index (χ1n) is 4.77. The standard InChI is InChI=1S/C10H16N2O2/c1-7(2)12-5-4-9(6-8(3)13)11-10(12)14/h4-5,7,9H,6H2,1-3H3,(H,11,14). The molecule has 1 aliphatic heterocycles. The summed E-state index contributed by atoms with van der Waals surface area (Å²) in [6.45, 7) is 5.40. The van der Waals surface area contributed by atoms with Gasteiger partial charge in [0.05, 0.1) is 6.04 Å². The highest BCUT2D eigenvalue weighted by Gasteiger charge is 2.22. The van der Waals surface area contributed by atoms with Gasteiger partial charge in [0.25, 0.3) is 0 Å². The largest absolute Gasteiger partial charge is 0.331 e. The van der Waals surface area contributed by atoms with E-state index in [0.29, 0.717) is 6.42 Å². The van der Waals surface area contributed by atoms with Gasteiger partial charge in [-0.15, -0.1) is 0 Å². The van der Waals surface area contributed by atoms with Crippen LogP contribution in [0.1, 0.15) is 27.2 Å². The van der Waals surface area contributed by atoms with Gasteiger partial charge in [0, 0.05) is 18.7 Å². The van der Waals surface area contributed by atoms with Crippen molar-refractivity contribution in [2.45, 2.75) is 39.3 Å². The second-order valence-corrected chi connectivity index (χ2v) is 3.80. The first-order chi connectivity index (χ1) is 6.50. The Bertz CT molecular complexity index is 271. The van der Waals surface area contributed by atoms with Crippen LogP contribution >= 0.6 is 0 Å². The average molecular weight is 196 g/mol. The third-order valence-electron chi connectivity index (χ3n) is 2.09. The number of urea groups is 1. The molecule has 1 atom stereocenters. The van der Waals surface area contributed by atoms with Crippen molar-refractivity contribution in [1.82, 2.24) is 10.2 Å². The zero-order valence-corrected chi connectivity index (χ0v) is 8.78. The second kappa shape index (κ2) is 4.26. The van der Waals surface area contributed by atoms with Crippen molar-refractivity contribution in [2.24, 2.45) is 0 Å². The van der Waals surface area contributed by atoms with E-state index in [4.69, 9.17) is 0 Å². The van der Waals surface area contributed by atoms with Gasteiger partial charge in [-0.05, 0) is 26.8 Å². The van der Waals surface area contributed by atoms with Crippen molar-refractivity contribution < 1.29 is 9.59 Å². The summed E-state index contributed by atoms with van der Waals surface area (Å²) in [7, 11) is 0. The van der Waals surface area contributed by atoms with E-state index in [1.807, 2.05) is 19.9 Å². The SMILES string of the molecule is CC(=O)CC1C=CN(C(C)C)C(=O)N1. The number of ketones is 1. The monoisotopic (exact) mass is 196 g/mol. The molecule has 1 N–H and O–H groups in total. The predicted octanol–water partition coefficient (Wildman–Crippen LogP) is 1.28. The molecule has 1 heterocycles. The van der Waals surface area contributed by atoms with Crippen molar-refractivity contribution in [3.63, 3.8) is 0 Å². The van der Waals surface area contributed by atoms with Gasteiger partial charge >= 0.3 is 6.03 Å². The quantitative estimate of drug-likeness (QED) is 0.739. The van der Waals surface area contributed by atoms with Crippen LogP contribution in [-0.4, -0.2) is 28.8 Å². The van der Waals surface area contributed by atoms with Crippen LogP contribution in [-0.2, 0) is 4.79 Å². The highest BCUT2D eigenvalue weighted by Crippen LogP contribution is 2.08. The Balaban J connectivity index is 2.62. The lowest BCUT2D eigenvalue weighted by Gasteiger charge is -2.29. The minimum atomic E-state index is -0.144. The van der Waals surface area contributed by atoms with Crippen LogP contribution in [0.25, 0.3) is 0 Å². The van der Waals surface area contributed by atoms with E-state index in [-0.39, 0.29) is 23.9 Å². The molecule has 0 aromatic rings. The number of Topliss-reactive ketones (excluding diaryl/α,β-unsaturated/α-hetero) is 1. The number of nitrogens with zero attached hydrogens (tertiary/aromatic N) is 1. The maximum Gasteiger partial charge on any atom is 0.322 e. The molecule has 0 saturated heterocycles. The van der Waals surface area contributed by atoms with Crippen molar-refractivity contribution in [3.8, 4) is 0 Å². The van der Waals surface area contributed by atoms with Crippen molar-refractivity contribution in [2.75, 3.05) is 0 Å². The van der Waals surface area contributed by atoms with Gasteiger partial charge in [0.15, 0.2) is 0 Å². The molecular weight excluding hydrogens is 180 g/mol. The van der Waals surface area contributed by atoms with E-state index in [1.54, 1.807) is 11.1 Å². The third-order valence-corrected chi connectivity index (χ3v) is 2.09. The lowest BCUT2D eigenvalue weighted by molar-refractivity contribution is -0.117. The van der Waals surface area contributed by atoms with E-state index in [2.05, 4.69) is 5.32 Å². The lowest BCUT2D eigenvalue weighted by Crippen LogP contribution is -2.48. The zero-order valence-electron chi connectivity index (χ0n) is 8.78. The Labute approximate surface area is 84.0 Å². The van der Waals surface area contributed by atoms with Gasteiger partial charge in [-0.3, -0.25) is 9.69 Å². The van der Waals surface area contributed by atoms with E-state index in [1.165, 1.54) is 6.92 Å². The van der Waals surface area contributed by atoms with Gasteiger partial charge in [-0.1, -0.05) is 0 Å². The molecule has 4 heteroatoms. The maximum atomic E-state index is 11.5. The molecule has 1 aliphatic rings. The number of carbonyl (C=O) groups excluding carboxylic acids is 2. The molecule has 0 spiro atoms. The summed E-state index contributed by atoms with van der Waals surface area (Å²) >= 11 is 0. The van der Waals surface area contributed by atoms with Crippen molar-refractivity contribution in [3.05, 3.63) is 12.3 Å². The Kier molecular flexibility index (Phi) is 3.28. The summed E-state index contributed by atoms with van der Waals surface area (Å²) in [4.78, 5) is 23.9. The molecular formula is C10H16N2O2. The molecule has 0 aliphatic carbocycles. The molecule has 4 nitrogen and oxygen atoms in total. The Morgan fingerprint density at radius 2 is 2.29 bits per heavy atom. The number of hydrogen-bond donors (Lipinski definition) is 1. The van der Waals surface area contributed by atoms with E-state index < -0.39 is 0 Å². The number of amides is 2.